The number of hydrogen-bond acceptors (Lipinski definition) is 4. The Labute approximate surface area is 96.9 Å². The Morgan fingerprint density at radius 2 is 2.19 bits per heavy atom. The summed E-state index contributed by atoms with van der Waals surface area (Å²) in [6, 6.07) is 3.73. The predicted octanol–water partition coefficient (Wildman–Crippen LogP) is 1.36. The van der Waals surface area contributed by atoms with Gasteiger partial charge in [-0.05, 0) is 17.5 Å². The summed E-state index contributed by atoms with van der Waals surface area (Å²) in [6.07, 6.45) is -0.356. The van der Waals surface area contributed by atoms with Gasteiger partial charge < -0.3 is 15.1 Å². The number of carboxylic acid groups (broad SMARTS) is 2. The van der Waals surface area contributed by atoms with Crippen LogP contribution < -0.4 is 4.90 Å². The fourth-order valence-electron chi connectivity index (χ4n) is 1.35. The molecule has 0 radical (unpaired) electrons. The second-order valence-electron chi connectivity index (χ2n) is 3.46. The second-order valence-corrected chi connectivity index (χ2v) is 4.39. The van der Waals surface area contributed by atoms with E-state index in [9.17, 15) is 9.59 Å². The van der Waals surface area contributed by atoms with E-state index in [2.05, 4.69) is 0 Å². The van der Waals surface area contributed by atoms with Gasteiger partial charge in [0.15, 0.2) is 0 Å². The van der Waals surface area contributed by atoms with Crippen LogP contribution in [-0.4, -0.2) is 35.7 Å². The van der Waals surface area contributed by atoms with Gasteiger partial charge >= 0.3 is 11.9 Å². The SMILES string of the molecule is CN(CC(CC(=O)O)C(=O)O)c1cccs1. The molecule has 0 aliphatic carbocycles. The zero-order valence-electron chi connectivity index (χ0n) is 8.79. The number of hydrogen-bond donors (Lipinski definition) is 2. The second kappa shape index (κ2) is 5.50. The minimum atomic E-state index is -1.09. The monoisotopic (exact) mass is 243 g/mol. The molecule has 0 saturated carbocycles. The van der Waals surface area contributed by atoms with Crippen LogP contribution in [0.4, 0.5) is 5.00 Å². The first-order valence-corrected chi connectivity index (χ1v) is 5.58. The van der Waals surface area contributed by atoms with Crippen molar-refractivity contribution < 1.29 is 19.8 Å². The fourth-order valence-corrected chi connectivity index (χ4v) is 2.06. The first-order valence-electron chi connectivity index (χ1n) is 4.70. The van der Waals surface area contributed by atoms with Crippen molar-refractivity contribution in [2.24, 2.45) is 5.92 Å². The third-order valence-electron chi connectivity index (χ3n) is 2.15. The lowest BCUT2D eigenvalue weighted by Gasteiger charge is -2.20. The summed E-state index contributed by atoms with van der Waals surface area (Å²) in [5.41, 5.74) is 0. The molecule has 1 atom stereocenters. The van der Waals surface area contributed by atoms with Crippen molar-refractivity contribution in [1.82, 2.24) is 0 Å². The number of aliphatic carboxylic acids is 2. The van der Waals surface area contributed by atoms with Gasteiger partial charge in [-0.15, -0.1) is 11.3 Å². The molecule has 1 heterocycles. The van der Waals surface area contributed by atoms with E-state index in [0.29, 0.717) is 0 Å². The molecule has 1 unspecified atom stereocenters. The van der Waals surface area contributed by atoms with Crippen LogP contribution in [0.25, 0.3) is 0 Å². The van der Waals surface area contributed by atoms with Crippen molar-refractivity contribution in [3.63, 3.8) is 0 Å². The van der Waals surface area contributed by atoms with Crippen molar-refractivity contribution in [3.8, 4) is 0 Å². The normalized spacial score (nSPS) is 12.1. The first-order chi connectivity index (χ1) is 7.50. The Morgan fingerprint density at radius 3 is 2.62 bits per heavy atom. The summed E-state index contributed by atoms with van der Waals surface area (Å²) >= 11 is 1.49. The van der Waals surface area contributed by atoms with E-state index >= 15 is 0 Å². The molecule has 1 aromatic heterocycles. The summed E-state index contributed by atoms with van der Waals surface area (Å²) < 4.78 is 0. The largest absolute Gasteiger partial charge is 0.481 e. The highest BCUT2D eigenvalue weighted by Gasteiger charge is 2.23. The van der Waals surface area contributed by atoms with Crippen LogP contribution >= 0.6 is 11.3 Å². The Balaban J connectivity index is 2.61. The maximum atomic E-state index is 10.9. The average Bonchev–Trinajstić information content (AvgIpc) is 2.68. The minimum Gasteiger partial charge on any atom is -0.481 e. The predicted molar refractivity (Wildman–Crippen MR) is 61.0 cm³/mol. The molecule has 0 saturated heterocycles. The molecule has 1 aromatic rings. The van der Waals surface area contributed by atoms with E-state index in [-0.39, 0.29) is 13.0 Å². The third kappa shape index (κ3) is 3.54. The number of anilines is 1. The summed E-state index contributed by atoms with van der Waals surface area (Å²) in [5.74, 6) is -3.05. The van der Waals surface area contributed by atoms with E-state index < -0.39 is 17.9 Å². The molecule has 0 bridgehead atoms. The van der Waals surface area contributed by atoms with Gasteiger partial charge in [-0.25, -0.2) is 0 Å². The van der Waals surface area contributed by atoms with Crippen LogP contribution in [0, 0.1) is 5.92 Å². The molecule has 0 spiro atoms. The van der Waals surface area contributed by atoms with Gasteiger partial charge in [0, 0.05) is 13.6 Å². The number of carboxylic acids is 2. The van der Waals surface area contributed by atoms with E-state index in [0.717, 1.165) is 5.00 Å². The molecule has 88 valence electrons. The van der Waals surface area contributed by atoms with Gasteiger partial charge in [0.2, 0.25) is 0 Å². The molecular weight excluding hydrogens is 230 g/mol. The summed E-state index contributed by atoms with van der Waals surface area (Å²) in [7, 11) is 1.75. The van der Waals surface area contributed by atoms with Crippen LogP contribution in [-0.2, 0) is 9.59 Å². The Kier molecular flexibility index (Phi) is 4.30. The molecule has 0 aliphatic heterocycles. The molecule has 0 aromatic carbocycles. The van der Waals surface area contributed by atoms with Crippen LogP contribution in [0.3, 0.4) is 0 Å². The smallest absolute Gasteiger partial charge is 0.308 e. The minimum absolute atomic E-state index is 0.197. The molecule has 2 N–H and O–H groups in total. The average molecular weight is 243 g/mol. The zero-order valence-corrected chi connectivity index (χ0v) is 9.61. The van der Waals surface area contributed by atoms with Gasteiger partial charge in [-0.3, -0.25) is 9.59 Å². The van der Waals surface area contributed by atoms with Crippen molar-refractivity contribution in [3.05, 3.63) is 17.5 Å². The molecule has 5 nitrogen and oxygen atoms in total. The lowest BCUT2D eigenvalue weighted by atomic mass is 10.1. The molecule has 0 amide bonds. The van der Waals surface area contributed by atoms with Crippen molar-refractivity contribution in [1.29, 1.82) is 0 Å². The molecule has 6 heteroatoms. The number of nitrogens with zero attached hydrogens (tertiary/aromatic N) is 1. The lowest BCUT2D eigenvalue weighted by Crippen LogP contribution is -2.31. The summed E-state index contributed by atoms with van der Waals surface area (Å²) in [5, 5.41) is 20.3. The Bertz CT molecular complexity index is 363. The highest BCUT2D eigenvalue weighted by molar-refractivity contribution is 7.14. The quantitative estimate of drug-likeness (QED) is 0.788. The fraction of sp³-hybridized carbons (Fsp3) is 0.400. The number of rotatable bonds is 6. The van der Waals surface area contributed by atoms with Crippen LogP contribution in [0.5, 0.6) is 0 Å². The standard InChI is InChI=1S/C10H13NO4S/c1-11(8-3-2-4-16-8)6-7(10(14)15)5-9(12)13/h2-4,7H,5-6H2,1H3,(H,12,13)(H,14,15). The molecule has 0 fully saturated rings. The highest BCUT2D eigenvalue weighted by atomic mass is 32.1. The Hall–Kier alpha value is -1.56. The maximum Gasteiger partial charge on any atom is 0.308 e. The van der Waals surface area contributed by atoms with E-state index in [4.69, 9.17) is 10.2 Å². The van der Waals surface area contributed by atoms with Crippen molar-refractivity contribution >= 4 is 28.3 Å². The van der Waals surface area contributed by atoms with Crippen molar-refractivity contribution in [2.45, 2.75) is 6.42 Å². The molecular formula is C10H13NO4S. The lowest BCUT2D eigenvalue weighted by molar-refractivity contribution is -0.147. The molecule has 0 aliphatic rings. The zero-order chi connectivity index (χ0) is 12.1. The van der Waals surface area contributed by atoms with Crippen molar-refractivity contribution in [2.75, 3.05) is 18.5 Å². The Morgan fingerprint density at radius 1 is 1.50 bits per heavy atom. The van der Waals surface area contributed by atoms with Gasteiger partial charge in [-0.1, -0.05) is 0 Å². The highest BCUT2D eigenvalue weighted by Crippen LogP contribution is 2.21. The maximum absolute atomic E-state index is 10.9. The van der Waals surface area contributed by atoms with E-state index in [1.807, 2.05) is 17.5 Å². The van der Waals surface area contributed by atoms with E-state index in [1.165, 1.54) is 11.3 Å². The topological polar surface area (TPSA) is 77.8 Å². The van der Waals surface area contributed by atoms with Crippen LogP contribution in [0.15, 0.2) is 17.5 Å². The number of carbonyl (C=O) groups is 2. The molecule has 16 heavy (non-hydrogen) atoms. The van der Waals surface area contributed by atoms with Crippen LogP contribution in [0.1, 0.15) is 6.42 Å². The third-order valence-corrected chi connectivity index (χ3v) is 3.13. The summed E-state index contributed by atoms with van der Waals surface area (Å²) in [4.78, 5) is 23.1. The number of thiophene rings is 1. The summed E-state index contributed by atoms with van der Waals surface area (Å²) in [6.45, 7) is 0.197. The van der Waals surface area contributed by atoms with Gasteiger partial charge in [0.25, 0.3) is 0 Å². The van der Waals surface area contributed by atoms with Crippen LogP contribution in [0.2, 0.25) is 0 Å². The van der Waals surface area contributed by atoms with Gasteiger partial charge in [-0.2, -0.15) is 0 Å². The van der Waals surface area contributed by atoms with Gasteiger partial charge in [0.05, 0.1) is 17.3 Å². The molecule has 1 rings (SSSR count). The first kappa shape index (κ1) is 12.5. The van der Waals surface area contributed by atoms with Gasteiger partial charge in [0.1, 0.15) is 0 Å². The van der Waals surface area contributed by atoms with E-state index in [1.54, 1.807) is 11.9 Å².